The Morgan fingerprint density at radius 1 is 1.45 bits per heavy atom. The van der Waals surface area contributed by atoms with E-state index in [0.29, 0.717) is 23.6 Å². The quantitative estimate of drug-likeness (QED) is 0.838. The zero-order valence-corrected chi connectivity index (χ0v) is 13.4. The van der Waals surface area contributed by atoms with Crippen molar-refractivity contribution in [1.82, 2.24) is 15.0 Å². The molecule has 0 unspecified atom stereocenters. The van der Waals surface area contributed by atoms with Gasteiger partial charge in [0.2, 0.25) is 0 Å². The third-order valence-electron chi connectivity index (χ3n) is 3.14. The van der Waals surface area contributed by atoms with Crippen LogP contribution in [0.2, 0.25) is 0 Å². The van der Waals surface area contributed by atoms with E-state index >= 15 is 0 Å². The van der Waals surface area contributed by atoms with Gasteiger partial charge in [-0.2, -0.15) is 11.8 Å². The summed E-state index contributed by atoms with van der Waals surface area (Å²) in [5, 5.41) is 13.8. The molecule has 0 saturated heterocycles. The van der Waals surface area contributed by atoms with Gasteiger partial charge in [-0.25, -0.2) is 0 Å². The number of amides is 1. The molecule has 2 aromatic heterocycles. The van der Waals surface area contributed by atoms with Crippen LogP contribution in [-0.2, 0) is 11.3 Å². The van der Waals surface area contributed by atoms with Crippen LogP contribution < -0.4 is 0 Å². The second kappa shape index (κ2) is 7.95. The molecular formula is C15H19N3O3S. The Hall–Kier alpha value is -1.86. The van der Waals surface area contributed by atoms with E-state index in [2.05, 4.69) is 10.1 Å². The average Bonchev–Trinajstić information content (AvgIpc) is 3.01. The molecule has 0 bridgehead atoms. The van der Waals surface area contributed by atoms with Gasteiger partial charge in [0, 0.05) is 19.3 Å². The first-order chi connectivity index (χ1) is 10.6. The van der Waals surface area contributed by atoms with Gasteiger partial charge in [-0.3, -0.25) is 9.78 Å². The Morgan fingerprint density at radius 3 is 2.95 bits per heavy atom. The fourth-order valence-corrected chi connectivity index (χ4v) is 2.40. The normalized spacial score (nSPS) is 12.1. The number of pyridine rings is 1. The first kappa shape index (κ1) is 16.5. The molecule has 0 fully saturated rings. The molecule has 118 valence electrons. The van der Waals surface area contributed by atoms with E-state index in [1.807, 2.05) is 24.5 Å². The van der Waals surface area contributed by atoms with Crippen LogP contribution >= 0.6 is 11.8 Å². The minimum Gasteiger partial charge on any atom is -0.383 e. The standard InChI is InChI=1S/C15H19N3O3S/c1-18(15(20)14(19)6-8-22-2)10-11-9-13(17-21-11)12-5-3-4-7-16-12/h3-5,7,9,14,19H,6,8,10H2,1-2H3/t14-/m0/s1. The number of carbonyl (C=O) groups is 1. The highest BCUT2D eigenvalue weighted by molar-refractivity contribution is 7.98. The van der Waals surface area contributed by atoms with Gasteiger partial charge in [-0.1, -0.05) is 11.2 Å². The molecule has 0 aliphatic carbocycles. The predicted octanol–water partition coefficient (Wildman–Crippen LogP) is 1.81. The molecule has 7 heteroatoms. The Balaban J connectivity index is 1.96. The Kier molecular flexibility index (Phi) is 5.97. The summed E-state index contributed by atoms with van der Waals surface area (Å²) in [6.45, 7) is 0.259. The zero-order valence-electron chi connectivity index (χ0n) is 12.6. The van der Waals surface area contributed by atoms with Gasteiger partial charge in [0.1, 0.15) is 11.8 Å². The van der Waals surface area contributed by atoms with E-state index in [9.17, 15) is 9.90 Å². The molecule has 1 atom stereocenters. The van der Waals surface area contributed by atoms with Gasteiger partial charge in [-0.15, -0.1) is 0 Å². The lowest BCUT2D eigenvalue weighted by Gasteiger charge is -2.19. The van der Waals surface area contributed by atoms with Crippen LogP contribution in [0.5, 0.6) is 0 Å². The average molecular weight is 321 g/mol. The smallest absolute Gasteiger partial charge is 0.251 e. The van der Waals surface area contributed by atoms with Crippen molar-refractivity contribution in [2.45, 2.75) is 19.1 Å². The number of aliphatic hydroxyl groups excluding tert-OH is 1. The lowest BCUT2D eigenvalue weighted by Crippen LogP contribution is -2.36. The predicted molar refractivity (Wildman–Crippen MR) is 85.2 cm³/mol. The van der Waals surface area contributed by atoms with E-state index in [4.69, 9.17) is 4.52 Å². The molecule has 0 saturated carbocycles. The number of hydrogen-bond acceptors (Lipinski definition) is 6. The van der Waals surface area contributed by atoms with Gasteiger partial charge < -0.3 is 14.5 Å². The third kappa shape index (κ3) is 4.32. The lowest BCUT2D eigenvalue weighted by atomic mass is 10.2. The SMILES string of the molecule is CSCC[C@H](O)C(=O)N(C)Cc1cc(-c2ccccn2)no1. The Bertz CT molecular complexity index is 603. The van der Waals surface area contributed by atoms with Crippen LogP contribution in [0.1, 0.15) is 12.2 Å². The second-order valence-corrected chi connectivity index (χ2v) is 5.87. The summed E-state index contributed by atoms with van der Waals surface area (Å²) in [7, 11) is 1.63. The van der Waals surface area contributed by atoms with Crippen molar-refractivity contribution >= 4 is 17.7 Å². The Morgan fingerprint density at radius 2 is 2.27 bits per heavy atom. The van der Waals surface area contributed by atoms with Crippen LogP contribution in [0.25, 0.3) is 11.4 Å². The van der Waals surface area contributed by atoms with Crippen LogP contribution in [0.4, 0.5) is 0 Å². The van der Waals surface area contributed by atoms with Crippen molar-refractivity contribution in [2.24, 2.45) is 0 Å². The first-order valence-corrected chi connectivity index (χ1v) is 8.30. The summed E-state index contributed by atoms with van der Waals surface area (Å²) in [6.07, 6.45) is 3.09. The van der Waals surface area contributed by atoms with Crippen LogP contribution in [-0.4, -0.2) is 51.2 Å². The monoisotopic (exact) mass is 321 g/mol. The maximum Gasteiger partial charge on any atom is 0.251 e. The number of rotatable bonds is 7. The van der Waals surface area contributed by atoms with E-state index in [1.165, 1.54) is 4.90 Å². The van der Waals surface area contributed by atoms with E-state index in [1.54, 1.807) is 31.1 Å². The minimum atomic E-state index is -0.976. The fourth-order valence-electron chi connectivity index (χ4n) is 1.94. The van der Waals surface area contributed by atoms with Crippen LogP contribution in [0, 0.1) is 0 Å². The minimum absolute atomic E-state index is 0.259. The second-order valence-electron chi connectivity index (χ2n) is 4.89. The number of aliphatic hydroxyl groups is 1. The van der Waals surface area contributed by atoms with Crippen molar-refractivity contribution in [3.63, 3.8) is 0 Å². The summed E-state index contributed by atoms with van der Waals surface area (Å²) in [5.41, 5.74) is 1.34. The van der Waals surface area contributed by atoms with E-state index < -0.39 is 6.10 Å². The molecule has 6 nitrogen and oxygen atoms in total. The largest absolute Gasteiger partial charge is 0.383 e. The Labute approximate surface area is 133 Å². The molecule has 2 rings (SSSR count). The molecule has 0 aromatic carbocycles. The first-order valence-electron chi connectivity index (χ1n) is 6.90. The zero-order chi connectivity index (χ0) is 15.9. The summed E-state index contributed by atoms with van der Waals surface area (Å²) in [5.74, 6) is 0.978. The molecule has 22 heavy (non-hydrogen) atoms. The van der Waals surface area contributed by atoms with Crippen LogP contribution in [0.15, 0.2) is 35.0 Å². The number of likely N-dealkylation sites (N-methyl/N-ethyl adjacent to an activating group) is 1. The highest BCUT2D eigenvalue weighted by Crippen LogP contribution is 2.17. The molecule has 2 aromatic rings. The van der Waals surface area contributed by atoms with Gasteiger partial charge >= 0.3 is 0 Å². The number of nitrogens with zero attached hydrogens (tertiary/aromatic N) is 3. The van der Waals surface area contributed by atoms with E-state index in [-0.39, 0.29) is 12.5 Å². The number of hydrogen-bond donors (Lipinski definition) is 1. The maximum absolute atomic E-state index is 12.0. The van der Waals surface area contributed by atoms with Gasteiger partial charge in [0.15, 0.2) is 5.76 Å². The molecular weight excluding hydrogens is 302 g/mol. The van der Waals surface area contributed by atoms with Crippen molar-refractivity contribution < 1.29 is 14.4 Å². The summed E-state index contributed by atoms with van der Waals surface area (Å²) >= 11 is 1.60. The van der Waals surface area contributed by atoms with Crippen molar-refractivity contribution in [3.8, 4) is 11.4 Å². The highest BCUT2D eigenvalue weighted by Gasteiger charge is 2.20. The summed E-state index contributed by atoms with van der Waals surface area (Å²) in [6, 6.07) is 7.28. The van der Waals surface area contributed by atoms with Gasteiger partial charge in [0.05, 0.1) is 12.2 Å². The molecule has 1 N–H and O–H groups in total. The van der Waals surface area contributed by atoms with Crippen molar-refractivity contribution in [1.29, 1.82) is 0 Å². The number of thioether (sulfide) groups is 1. The van der Waals surface area contributed by atoms with Crippen molar-refractivity contribution in [2.75, 3.05) is 19.1 Å². The number of aromatic nitrogens is 2. The molecule has 0 radical (unpaired) electrons. The topological polar surface area (TPSA) is 79.5 Å². The van der Waals surface area contributed by atoms with Gasteiger partial charge in [-0.05, 0) is 30.6 Å². The molecule has 1 amide bonds. The lowest BCUT2D eigenvalue weighted by molar-refractivity contribution is -0.139. The van der Waals surface area contributed by atoms with Gasteiger partial charge in [0.25, 0.3) is 5.91 Å². The summed E-state index contributed by atoms with van der Waals surface area (Å²) < 4.78 is 5.23. The molecule has 0 aliphatic rings. The van der Waals surface area contributed by atoms with E-state index in [0.717, 1.165) is 5.75 Å². The molecule has 2 heterocycles. The van der Waals surface area contributed by atoms with Crippen molar-refractivity contribution in [3.05, 3.63) is 36.2 Å². The number of carbonyl (C=O) groups excluding carboxylic acids is 1. The highest BCUT2D eigenvalue weighted by atomic mass is 32.2. The third-order valence-corrected chi connectivity index (χ3v) is 3.78. The molecule has 0 spiro atoms. The molecule has 0 aliphatic heterocycles. The summed E-state index contributed by atoms with van der Waals surface area (Å²) in [4.78, 5) is 17.7. The van der Waals surface area contributed by atoms with Crippen LogP contribution in [0.3, 0.4) is 0 Å². The fraction of sp³-hybridized carbons (Fsp3) is 0.400. The maximum atomic E-state index is 12.0.